The first-order valence-corrected chi connectivity index (χ1v) is 8.50. The van der Waals surface area contributed by atoms with Gasteiger partial charge in [-0.3, -0.25) is 4.79 Å². The van der Waals surface area contributed by atoms with Gasteiger partial charge in [0.1, 0.15) is 0 Å². The largest absolute Gasteiger partial charge is 0.303 e. The average Bonchev–Trinajstić information content (AvgIpc) is 2.67. The van der Waals surface area contributed by atoms with E-state index in [1.165, 1.54) is 0 Å². The van der Waals surface area contributed by atoms with E-state index in [9.17, 15) is 4.79 Å². The van der Waals surface area contributed by atoms with E-state index >= 15 is 0 Å². The highest BCUT2D eigenvalue weighted by Crippen LogP contribution is 2.19. The van der Waals surface area contributed by atoms with Gasteiger partial charge in [-0.25, -0.2) is 5.43 Å². The van der Waals surface area contributed by atoms with Crippen molar-refractivity contribution in [2.45, 2.75) is 19.8 Å². The Morgan fingerprint density at radius 3 is 2.25 bits per heavy atom. The standard InChI is InChI=1S/C20H23N3O/c1-2-23-14-12-19(13-15-23)21-22-20(24)18-10-8-17(9-11-18)16-6-4-3-5-7-16/h3-11H,2,12-15H2,1H3,(H,22,24). The zero-order valence-electron chi connectivity index (χ0n) is 14.0. The molecule has 1 fully saturated rings. The smallest absolute Gasteiger partial charge is 0.271 e. The van der Waals surface area contributed by atoms with Gasteiger partial charge in [0, 0.05) is 37.2 Å². The Kier molecular flexibility index (Phi) is 5.39. The van der Waals surface area contributed by atoms with Gasteiger partial charge in [0.2, 0.25) is 0 Å². The second kappa shape index (κ2) is 7.88. The van der Waals surface area contributed by atoms with Crippen LogP contribution in [0.3, 0.4) is 0 Å². The topological polar surface area (TPSA) is 44.7 Å². The monoisotopic (exact) mass is 321 g/mol. The van der Waals surface area contributed by atoms with E-state index in [2.05, 4.69) is 34.5 Å². The quantitative estimate of drug-likeness (QED) is 0.875. The molecule has 1 heterocycles. The molecule has 0 bridgehead atoms. The number of likely N-dealkylation sites (tertiary alicyclic amines) is 1. The average molecular weight is 321 g/mol. The maximum atomic E-state index is 12.2. The van der Waals surface area contributed by atoms with Gasteiger partial charge >= 0.3 is 0 Å². The Bertz CT molecular complexity index is 697. The van der Waals surface area contributed by atoms with Gasteiger partial charge in [0.05, 0.1) is 0 Å². The van der Waals surface area contributed by atoms with Crippen molar-refractivity contribution in [1.82, 2.24) is 10.3 Å². The third-order valence-electron chi connectivity index (χ3n) is 4.45. The van der Waals surface area contributed by atoms with Crippen LogP contribution >= 0.6 is 0 Å². The number of carbonyl (C=O) groups is 1. The molecule has 1 N–H and O–H groups in total. The van der Waals surface area contributed by atoms with Crippen molar-refractivity contribution in [3.63, 3.8) is 0 Å². The minimum Gasteiger partial charge on any atom is -0.303 e. The SMILES string of the molecule is CCN1CCC(=NNC(=O)c2ccc(-c3ccccc3)cc2)CC1. The molecular weight excluding hydrogens is 298 g/mol. The second-order valence-corrected chi connectivity index (χ2v) is 6.00. The van der Waals surface area contributed by atoms with E-state index in [1.807, 2.05) is 42.5 Å². The van der Waals surface area contributed by atoms with Crippen LogP contribution in [0, 0.1) is 0 Å². The zero-order valence-corrected chi connectivity index (χ0v) is 14.0. The Morgan fingerprint density at radius 2 is 1.62 bits per heavy atom. The first-order valence-electron chi connectivity index (χ1n) is 8.50. The molecule has 1 aliphatic heterocycles. The number of carbonyl (C=O) groups excluding carboxylic acids is 1. The molecule has 0 spiro atoms. The van der Waals surface area contributed by atoms with E-state index in [0.29, 0.717) is 5.56 Å². The van der Waals surface area contributed by atoms with Crippen LogP contribution in [0.1, 0.15) is 30.1 Å². The lowest BCUT2D eigenvalue weighted by Gasteiger charge is -2.25. The lowest BCUT2D eigenvalue weighted by Crippen LogP contribution is -2.34. The van der Waals surface area contributed by atoms with E-state index in [-0.39, 0.29) is 5.91 Å². The second-order valence-electron chi connectivity index (χ2n) is 6.00. The van der Waals surface area contributed by atoms with Gasteiger partial charge in [-0.2, -0.15) is 5.10 Å². The summed E-state index contributed by atoms with van der Waals surface area (Å²) in [4.78, 5) is 14.6. The van der Waals surface area contributed by atoms with Gasteiger partial charge in [0.25, 0.3) is 5.91 Å². The summed E-state index contributed by atoms with van der Waals surface area (Å²) in [6, 6.07) is 17.8. The summed E-state index contributed by atoms with van der Waals surface area (Å²) < 4.78 is 0. The van der Waals surface area contributed by atoms with Crippen LogP contribution in [-0.4, -0.2) is 36.2 Å². The Balaban J connectivity index is 1.60. The van der Waals surface area contributed by atoms with Crippen LogP contribution in [0.25, 0.3) is 11.1 Å². The molecule has 0 radical (unpaired) electrons. The number of piperidine rings is 1. The fourth-order valence-corrected chi connectivity index (χ4v) is 2.88. The molecule has 0 atom stereocenters. The molecule has 3 rings (SSSR count). The number of nitrogens with zero attached hydrogens (tertiary/aromatic N) is 2. The highest BCUT2D eigenvalue weighted by atomic mass is 16.2. The summed E-state index contributed by atoms with van der Waals surface area (Å²) in [5.41, 5.74) is 6.65. The minimum atomic E-state index is -0.153. The number of amides is 1. The molecule has 1 saturated heterocycles. The third kappa shape index (κ3) is 4.09. The number of hydrogen-bond donors (Lipinski definition) is 1. The molecule has 4 heteroatoms. The highest BCUT2D eigenvalue weighted by molar-refractivity contribution is 5.96. The molecular formula is C20H23N3O. The van der Waals surface area contributed by atoms with Gasteiger partial charge in [0.15, 0.2) is 0 Å². The summed E-state index contributed by atoms with van der Waals surface area (Å²) in [5.74, 6) is -0.153. The number of hydrazone groups is 1. The number of nitrogens with one attached hydrogen (secondary N) is 1. The van der Waals surface area contributed by atoms with E-state index < -0.39 is 0 Å². The molecule has 0 saturated carbocycles. The number of hydrogen-bond acceptors (Lipinski definition) is 3. The maximum absolute atomic E-state index is 12.2. The molecule has 2 aromatic rings. The van der Waals surface area contributed by atoms with Crippen molar-refractivity contribution in [3.8, 4) is 11.1 Å². The predicted molar refractivity (Wildman–Crippen MR) is 98.1 cm³/mol. The van der Waals surface area contributed by atoms with Crippen LogP contribution in [-0.2, 0) is 0 Å². The van der Waals surface area contributed by atoms with Crippen molar-refractivity contribution in [2.24, 2.45) is 5.10 Å². The van der Waals surface area contributed by atoms with E-state index in [4.69, 9.17) is 0 Å². The molecule has 1 aliphatic rings. The first kappa shape index (κ1) is 16.4. The maximum Gasteiger partial charge on any atom is 0.271 e. The summed E-state index contributed by atoms with van der Waals surface area (Å²) in [7, 11) is 0. The van der Waals surface area contributed by atoms with Gasteiger partial charge in [-0.15, -0.1) is 0 Å². The van der Waals surface area contributed by atoms with Crippen molar-refractivity contribution in [1.29, 1.82) is 0 Å². The zero-order chi connectivity index (χ0) is 16.8. The number of benzene rings is 2. The fraction of sp³-hybridized carbons (Fsp3) is 0.300. The van der Waals surface area contributed by atoms with Crippen molar-refractivity contribution in [3.05, 3.63) is 60.2 Å². The molecule has 0 aromatic heterocycles. The van der Waals surface area contributed by atoms with Crippen LogP contribution in [0.4, 0.5) is 0 Å². The van der Waals surface area contributed by atoms with Crippen molar-refractivity contribution >= 4 is 11.6 Å². The van der Waals surface area contributed by atoms with E-state index in [0.717, 1.165) is 49.3 Å². The van der Waals surface area contributed by atoms with Crippen LogP contribution in [0.2, 0.25) is 0 Å². The Morgan fingerprint density at radius 1 is 1.00 bits per heavy atom. The Hall–Kier alpha value is -2.46. The molecule has 0 unspecified atom stereocenters. The Labute approximate surface area is 143 Å². The third-order valence-corrected chi connectivity index (χ3v) is 4.45. The van der Waals surface area contributed by atoms with Crippen LogP contribution < -0.4 is 5.43 Å². The van der Waals surface area contributed by atoms with Crippen LogP contribution in [0.5, 0.6) is 0 Å². The first-order chi connectivity index (χ1) is 11.8. The van der Waals surface area contributed by atoms with Crippen molar-refractivity contribution < 1.29 is 4.79 Å². The van der Waals surface area contributed by atoms with Gasteiger partial charge in [-0.05, 0) is 29.8 Å². The molecule has 2 aromatic carbocycles. The molecule has 0 aliphatic carbocycles. The van der Waals surface area contributed by atoms with Gasteiger partial charge < -0.3 is 4.90 Å². The number of rotatable bonds is 4. The highest BCUT2D eigenvalue weighted by Gasteiger charge is 2.13. The normalized spacial score (nSPS) is 15.1. The molecule has 4 nitrogen and oxygen atoms in total. The summed E-state index contributed by atoms with van der Waals surface area (Å²) in [5, 5.41) is 4.30. The van der Waals surface area contributed by atoms with E-state index in [1.54, 1.807) is 0 Å². The lowest BCUT2D eigenvalue weighted by molar-refractivity contribution is 0.0954. The minimum absolute atomic E-state index is 0.153. The van der Waals surface area contributed by atoms with Crippen LogP contribution in [0.15, 0.2) is 59.7 Å². The molecule has 24 heavy (non-hydrogen) atoms. The van der Waals surface area contributed by atoms with Gasteiger partial charge in [-0.1, -0.05) is 49.4 Å². The van der Waals surface area contributed by atoms with Crippen molar-refractivity contribution in [2.75, 3.05) is 19.6 Å². The summed E-state index contributed by atoms with van der Waals surface area (Å²) in [6.07, 6.45) is 1.86. The summed E-state index contributed by atoms with van der Waals surface area (Å²) >= 11 is 0. The fourth-order valence-electron chi connectivity index (χ4n) is 2.88. The summed E-state index contributed by atoms with van der Waals surface area (Å²) in [6.45, 7) is 5.30. The predicted octanol–water partition coefficient (Wildman–Crippen LogP) is 3.56. The molecule has 1 amide bonds. The molecule has 124 valence electrons. The lowest BCUT2D eigenvalue weighted by atomic mass is 10.0.